The van der Waals surface area contributed by atoms with E-state index in [1.54, 1.807) is 0 Å². The maximum Gasteiger partial charge on any atom is 0.234 e. The second-order valence-corrected chi connectivity index (χ2v) is 10.1. The van der Waals surface area contributed by atoms with Crippen molar-refractivity contribution in [3.63, 3.8) is 0 Å². The topological polar surface area (TPSA) is 52.7 Å². The lowest BCUT2D eigenvalue weighted by Crippen LogP contribution is -2.49. The molecule has 0 radical (unpaired) electrons. The van der Waals surface area contributed by atoms with Crippen LogP contribution in [0.25, 0.3) is 0 Å². The summed E-state index contributed by atoms with van der Waals surface area (Å²) in [6, 6.07) is 7.30. The Balaban J connectivity index is 1.25. The number of carbonyl (C=O) groups excluding carboxylic acids is 2. The van der Waals surface area contributed by atoms with Gasteiger partial charge in [0.15, 0.2) is 0 Å². The molecule has 5 nitrogen and oxygen atoms in total. The van der Waals surface area contributed by atoms with E-state index < -0.39 is 0 Å². The summed E-state index contributed by atoms with van der Waals surface area (Å²) in [4.78, 5) is 30.0. The minimum Gasteiger partial charge on any atom is -0.352 e. The predicted molar refractivity (Wildman–Crippen MR) is 124 cm³/mol. The van der Waals surface area contributed by atoms with Crippen LogP contribution in [0, 0.1) is 19.8 Å². The van der Waals surface area contributed by atoms with Crippen molar-refractivity contribution >= 4 is 11.8 Å². The van der Waals surface area contributed by atoms with Crippen molar-refractivity contribution < 1.29 is 9.59 Å². The quantitative estimate of drug-likeness (QED) is 0.772. The van der Waals surface area contributed by atoms with Crippen LogP contribution in [0.15, 0.2) is 18.2 Å². The Morgan fingerprint density at radius 3 is 2.23 bits per heavy atom. The Hall–Kier alpha value is -1.88. The van der Waals surface area contributed by atoms with E-state index in [2.05, 4.69) is 47.2 Å². The van der Waals surface area contributed by atoms with E-state index in [-0.39, 0.29) is 17.9 Å². The van der Waals surface area contributed by atoms with Crippen LogP contribution < -0.4 is 5.32 Å². The molecular weight excluding hydrogens is 386 g/mol. The number of likely N-dealkylation sites (tertiary alicyclic amines) is 2. The lowest BCUT2D eigenvalue weighted by atomic mass is 9.87. The molecule has 2 aliphatic heterocycles. The second-order valence-electron chi connectivity index (χ2n) is 10.1. The molecule has 2 heterocycles. The van der Waals surface area contributed by atoms with Crippen LogP contribution in [0.5, 0.6) is 0 Å². The minimum atomic E-state index is 0.133. The van der Waals surface area contributed by atoms with Crippen LogP contribution in [0.3, 0.4) is 0 Å². The van der Waals surface area contributed by atoms with Gasteiger partial charge in [0.05, 0.1) is 6.54 Å². The van der Waals surface area contributed by atoms with Gasteiger partial charge in [-0.05, 0) is 64.5 Å². The number of nitrogens with zero attached hydrogens (tertiary/aromatic N) is 2. The van der Waals surface area contributed by atoms with Crippen LogP contribution in [0.2, 0.25) is 0 Å². The van der Waals surface area contributed by atoms with Crippen molar-refractivity contribution in [1.82, 2.24) is 15.1 Å². The standard InChI is InChI=1S/C26H39N3O2/c1-19-15-20(2)17-22(16-19)24-9-6-12-29(24)18-25(30)27-23-10-13-28(14-11-23)26(31)21-7-4-3-5-8-21/h15-17,21,23-24H,3-14,18H2,1-2H3,(H,27,30). The molecule has 2 amide bonds. The number of hydrogen-bond donors (Lipinski definition) is 1. The summed E-state index contributed by atoms with van der Waals surface area (Å²) in [5, 5.41) is 3.26. The molecule has 3 aliphatic rings. The fourth-order valence-electron chi connectivity index (χ4n) is 5.90. The molecule has 1 aromatic carbocycles. The minimum absolute atomic E-state index is 0.133. The summed E-state index contributed by atoms with van der Waals surface area (Å²) in [5.74, 6) is 0.739. The zero-order chi connectivity index (χ0) is 21.8. The van der Waals surface area contributed by atoms with Crippen molar-refractivity contribution in [3.8, 4) is 0 Å². The number of benzene rings is 1. The molecule has 170 valence electrons. The van der Waals surface area contributed by atoms with E-state index in [1.165, 1.54) is 36.0 Å². The SMILES string of the molecule is Cc1cc(C)cc(C2CCCN2CC(=O)NC2CCN(C(=O)C3CCCCC3)CC2)c1. The van der Waals surface area contributed by atoms with Gasteiger partial charge in [-0.1, -0.05) is 48.6 Å². The third kappa shape index (κ3) is 5.68. The number of aryl methyl sites for hydroxylation is 2. The highest BCUT2D eigenvalue weighted by molar-refractivity contribution is 5.80. The largest absolute Gasteiger partial charge is 0.352 e. The molecule has 3 fully saturated rings. The summed E-state index contributed by atoms with van der Waals surface area (Å²) >= 11 is 0. The van der Waals surface area contributed by atoms with Crippen molar-refractivity contribution in [2.75, 3.05) is 26.2 Å². The van der Waals surface area contributed by atoms with E-state index >= 15 is 0 Å². The zero-order valence-corrected chi connectivity index (χ0v) is 19.4. The zero-order valence-electron chi connectivity index (χ0n) is 19.4. The van der Waals surface area contributed by atoms with Gasteiger partial charge in [0.25, 0.3) is 0 Å². The molecule has 0 bridgehead atoms. The molecule has 1 atom stereocenters. The van der Waals surface area contributed by atoms with E-state index in [4.69, 9.17) is 0 Å². The van der Waals surface area contributed by atoms with Gasteiger partial charge in [0.2, 0.25) is 11.8 Å². The van der Waals surface area contributed by atoms with E-state index in [1.807, 2.05) is 0 Å². The molecule has 1 saturated carbocycles. The lowest BCUT2D eigenvalue weighted by Gasteiger charge is -2.35. The number of amides is 2. The van der Waals surface area contributed by atoms with Gasteiger partial charge < -0.3 is 10.2 Å². The monoisotopic (exact) mass is 425 g/mol. The Labute approximate surface area is 187 Å². The normalized spacial score (nSPS) is 23.8. The van der Waals surface area contributed by atoms with Gasteiger partial charge in [-0.2, -0.15) is 0 Å². The van der Waals surface area contributed by atoms with Crippen LogP contribution in [-0.4, -0.2) is 53.8 Å². The molecule has 0 spiro atoms. The molecule has 1 N–H and O–H groups in total. The Morgan fingerprint density at radius 1 is 0.871 bits per heavy atom. The smallest absolute Gasteiger partial charge is 0.234 e. The molecule has 4 rings (SSSR count). The third-order valence-electron chi connectivity index (χ3n) is 7.47. The number of hydrogen-bond acceptors (Lipinski definition) is 3. The Morgan fingerprint density at radius 2 is 1.55 bits per heavy atom. The summed E-state index contributed by atoms with van der Waals surface area (Å²) in [6.07, 6.45) is 9.82. The summed E-state index contributed by atoms with van der Waals surface area (Å²) in [6.45, 7) is 7.32. The maximum atomic E-state index is 12.8. The van der Waals surface area contributed by atoms with Gasteiger partial charge in [-0.25, -0.2) is 0 Å². The van der Waals surface area contributed by atoms with Crippen LogP contribution in [-0.2, 0) is 9.59 Å². The average Bonchev–Trinajstić information content (AvgIpc) is 3.21. The number of carbonyl (C=O) groups is 2. The molecule has 0 aromatic heterocycles. The number of nitrogens with one attached hydrogen (secondary N) is 1. The molecule has 1 aromatic rings. The summed E-state index contributed by atoms with van der Waals surface area (Å²) in [7, 11) is 0. The highest BCUT2D eigenvalue weighted by atomic mass is 16.2. The molecule has 1 unspecified atom stereocenters. The van der Waals surface area contributed by atoms with E-state index in [0.717, 1.165) is 58.2 Å². The first-order valence-corrected chi connectivity index (χ1v) is 12.4. The first-order valence-electron chi connectivity index (χ1n) is 12.4. The summed E-state index contributed by atoms with van der Waals surface area (Å²) in [5.41, 5.74) is 3.93. The molecule has 2 saturated heterocycles. The van der Waals surface area contributed by atoms with Crippen LogP contribution >= 0.6 is 0 Å². The van der Waals surface area contributed by atoms with E-state index in [0.29, 0.717) is 18.5 Å². The molecule has 5 heteroatoms. The molecule has 31 heavy (non-hydrogen) atoms. The fraction of sp³-hybridized carbons (Fsp3) is 0.692. The van der Waals surface area contributed by atoms with Gasteiger partial charge in [0.1, 0.15) is 0 Å². The first kappa shape index (κ1) is 22.3. The van der Waals surface area contributed by atoms with Crippen molar-refractivity contribution in [2.24, 2.45) is 5.92 Å². The maximum absolute atomic E-state index is 12.8. The highest BCUT2D eigenvalue weighted by Gasteiger charge is 2.31. The average molecular weight is 426 g/mol. The fourth-order valence-corrected chi connectivity index (χ4v) is 5.90. The van der Waals surface area contributed by atoms with Crippen LogP contribution in [0.4, 0.5) is 0 Å². The van der Waals surface area contributed by atoms with Gasteiger partial charge in [-0.15, -0.1) is 0 Å². The number of rotatable bonds is 5. The Kier molecular flexibility index (Phi) is 7.31. The van der Waals surface area contributed by atoms with Gasteiger partial charge in [0, 0.05) is 31.1 Å². The highest BCUT2D eigenvalue weighted by Crippen LogP contribution is 2.32. The molecular formula is C26H39N3O2. The lowest BCUT2D eigenvalue weighted by molar-refractivity contribution is -0.137. The van der Waals surface area contributed by atoms with Crippen LogP contribution in [0.1, 0.15) is 80.5 Å². The van der Waals surface area contributed by atoms with Crippen molar-refractivity contribution in [2.45, 2.75) is 83.7 Å². The first-order chi connectivity index (χ1) is 15.0. The van der Waals surface area contributed by atoms with Gasteiger partial charge >= 0.3 is 0 Å². The summed E-state index contributed by atoms with van der Waals surface area (Å²) < 4.78 is 0. The van der Waals surface area contributed by atoms with Gasteiger partial charge in [-0.3, -0.25) is 14.5 Å². The number of piperidine rings is 1. The predicted octanol–water partition coefficient (Wildman–Crippen LogP) is 4.13. The van der Waals surface area contributed by atoms with Crippen molar-refractivity contribution in [3.05, 3.63) is 34.9 Å². The Bertz CT molecular complexity index is 759. The van der Waals surface area contributed by atoms with Crippen molar-refractivity contribution in [1.29, 1.82) is 0 Å². The molecule has 1 aliphatic carbocycles. The second kappa shape index (κ2) is 10.2. The third-order valence-corrected chi connectivity index (χ3v) is 7.47. The van der Waals surface area contributed by atoms with E-state index in [9.17, 15) is 9.59 Å².